The van der Waals surface area contributed by atoms with Crippen LogP contribution < -0.4 is 16.2 Å². The summed E-state index contributed by atoms with van der Waals surface area (Å²) in [6, 6.07) is 7.63. The third-order valence-electron chi connectivity index (χ3n) is 8.27. The molecule has 0 bridgehead atoms. The first kappa shape index (κ1) is 22.9. The molecule has 0 aromatic carbocycles. The van der Waals surface area contributed by atoms with E-state index in [2.05, 4.69) is 37.2 Å². The topological polar surface area (TPSA) is 108 Å². The summed E-state index contributed by atoms with van der Waals surface area (Å²) >= 11 is 1.12. The van der Waals surface area contributed by atoms with Crippen LogP contribution in [0, 0.1) is 17.0 Å². The number of imidazole rings is 1. The van der Waals surface area contributed by atoms with Crippen molar-refractivity contribution in [2.75, 3.05) is 5.32 Å². The van der Waals surface area contributed by atoms with Crippen molar-refractivity contribution in [3.63, 3.8) is 0 Å². The predicted octanol–water partition coefficient (Wildman–Crippen LogP) is 5.06. The summed E-state index contributed by atoms with van der Waals surface area (Å²) in [5.74, 6) is 1.78. The van der Waals surface area contributed by atoms with E-state index in [0.717, 1.165) is 77.3 Å². The standard InChI is InChI=1S/C27H28FN7OS/c28-22-7-6-21(37-22)18-8-9-30-25-23(18)32-26(33-25)24-19-11-15(4-5-20(19)34-35-24)16-10-17(13-29-12-16)31-27(36)14-2-1-3-14/h6-10,12-15,19-20,24,34-35H,1-5,11H2,(H,31,36)(H,30,32,33). The van der Waals surface area contributed by atoms with E-state index in [9.17, 15) is 9.18 Å². The second-order valence-corrected chi connectivity index (χ2v) is 11.5. The molecule has 0 radical (unpaired) electrons. The number of fused-ring (bicyclic) bond motifs is 2. The molecule has 8 nitrogen and oxygen atoms in total. The number of hydrogen-bond acceptors (Lipinski definition) is 7. The molecule has 3 aliphatic rings. The summed E-state index contributed by atoms with van der Waals surface area (Å²) in [5.41, 5.74) is 11.3. The summed E-state index contributed by atoms with van der Waals surface area (Å²) in [7, 11) is 0. The van der Waals surface area contributed by atoms with Crippen LogP contribution in [-0.4, -0.2) is 31.9 Å². The van der Waals surface area contributed by atoms with Crippen molar-refractivity contribution in [1.82, 2.24) is 30.8 Å². The van der Waals surface area contributed by atoms with Crippen molar-refractivity contribution in [2.45, 2.75) is 56.5 Å². The highest BCUT2D eigenvalue weighted by Crippen LogP contribution is 2.44. The third-order valence-corrected chi connectivity index (χ3v) is 9.18. The van der Waals surface area contributed by atoms with Crippen LogP contribution in [0.1, 0.15) is 61.9 Å². The number of thiophene rings is 1. The number of aromatic nitrogens is 4. The van der Waals surface area contributed by atoms with Gasteiger partial charge in [-0.25, -0.2) is 15.4 Å². The molecular weight excluding hydrogens is 489 g/mol. The second kappa shape index (κ2) is 9.27. The van der Waals surface area contributed by atoms with Gasteiger partial charge in [-0.15, -0.1) is 11.3 Å². The van der Waals surface area contributed by atoms with Crippen molar-refractivity contribution >= 4 is 34.1 Å². The number of hydrazine groups is 1. The Balaban J connectivity index is 1.12. The van der Waals surface area contributed by atoms with Gasteiger partial charge in [0.15, 0.2) is 10.8 Å². The van der Waals surface area contributed by atoms with Gasteiger partial charge >= 0.3 is 0 Å². The van der Waals surface area contributed by atoms with Crippen molar-refractivity contribution < 1.29 is 9.18 Å². The first-order chi connectivity index (χ1) is 18.1. The van der Waals surface area contributed by atoms with Crippen LogP contribution in [0.4, 0.5) is 10.1 Å². The van der Waals surface area contributed by atoms with Crippen LogP contribution >= 0.6 is 11.3 Å². The van der Waals surface area contributed by atoms with E-state index < -0.39 is 0 Å². The van der Waals surface area contributed by atoms with Crippen molar-refractivity contribution in [1.29, 1.82) is 0 Å². The molecule has 4 aromatic heterocycles. The number of amides is 1. The molecule has 1 amide bonds. The Morgan fingerprint density at radius 1 is 1.11 bits per heavy atom. The minimum Gasteiger partial charge on any atom is -0.339 e. The first-order valence-electron chi connectivity index (χ1n) is 13.0. The lowest BCUT2D eigenvalue weighted by molar-refractivity contribution is -0.122. The zero-order chi connectivity index (χ0) is 24.9. The zero-order valence-corrected chi connectivity index (χ0v) is 21.0. The van der Waals surface area contributed by atoms with Gasteiger partial charge in [-0.3, -0.25) is 15.2 Å². The summed E-state index contributed by atoms with van der Waals surface area (Å²) in [5, 5.41) is 2.86. The quantitative estimate of drug-likeness (QED) is 0.295. The fourth-order valence-corrected chi connectivity index (χ4v) is 6.80. The molecule has 3 fully saturated rings. The lowest BCUT2D eigenvalue weighted by Gasteiger charge is -2.33. The number of aromatic amines is 1. The molecule has 10 heteroatoms. The normalized spacial score (nSPS) is 25.6. The minimum atomic E-state index is -0.210. The average molecular weight is 518 g/mol. The van der Waals surface area contributed by atoms with E-state index in [-0.39, 0.29) is 23.0 Å². The molecular formula is C27H28FN7OS. The molecule has 4 unspecified atom stereocenters. The van der Waals surface area contributed by atoms with E-state index in [1.165, 1.54) is 11.6 Å². The number of pyridine rings is 2. The van der Waals surface area contributed by atoms with Crippen molar-refractivity contribution in [2.24, 2.45) is 11.8 Å². The van der Waals surface area contributed by atoms with Crippen molar-refractivity contribution in [3.8, 4) is 10.4 Å². The third kappa shape index (κ3) is 4.22. The van der Waals surface area contributed by atoms with E-state index in [1.807, 2.05) is 12.3 Å². The zero-order valence-electron chi connectivity index (χ0n) is 20.2. The average Bonchev–Trinajstić information content (AvgIpc) is 3.60. The first-order valence-corrected chi connectivity index (χ1v) is 13.8. The molecule has 190 valence electrons. The maximum atomic E-state index is 13.7. The number of H-pyrrole nitrogens is 1. The molecule has 4 N–H and O–H groups in total. The monoisotopic (exact) mass is 517 g/mol. The Hall–Kier alpha value is -3.21. The molecule has 7 rings (SSSR count). The maximum Gasteiger partial charge on any atom is 0.227 e. The number of nitrogens with one attached hydrogen (secondary N) is 4. The Bertz CT molecular complexity index is 1460. The Kier molecular flexibility index (Phi) is 5.75. The molecule has 1 saturated heterocycles. The molecule has 0 spiro atoms. The number of hydrogen-bond donors (Lipinski definition) is 4. The van der Waals surface area contributed by atoms with Crippen LogP contribution in [0.25, 0.3) is 21.6 Å². The smallest absolute Gasteiger partial charge is 0.227 e. The van der Waals surface area contributed by atoms with E-state index in [4.69, 9.17) is 4.98 Å². The molecule has 4 aromatic rings. The lowest BCUT2D eigenvalue weighted by Crippen LogP contribution is -2.34. The SMILES string of the molecule is O=C(Nc1cncc(C2CCC3NNC(c4nc5nccc(-c6ccc(F)s6)c5[nH]4)C3C2)c1)C1CCC1. The molecule has 2 saturated carbocycles. The number of carbonyl (C=O) groups excluding carboxylic acids is 1. The van der Waals surface area contributed by atoms with E-state index in [1.54, 1.807) is 18.5 Å². The molecule has 2 aliphatic carbocycles. The van der Waals surface area contributed by atoms with Gasteiger partial charge in [0, 0.05) is 34.8 Å². The van der Waals surface area contributed by atoms with Crippen molar-refractivity contribution in [3.05, 3.63) is 59.4 Å². The molecule has 1 aliphatic heterocycles. The highest BCUT2D eigenvalue weighted by molar-refractivity contribution is 7.14. The summed E-state index contributed by atoms with van der Waals surface area (Å²) in [4.78, 5) is 30.5. The highest BCUT2D eigenvalue weighted by Gasteiger charge is 2.43. The fraction of sp³-hybridized carbons (Fsp3) is 0.407. The largest absolute Gasteiger partial charge is 0.339 e. The van der Waals surface area contributed by atoms with Crippen LogP contribution in [-0.2, 0) is 4.79 Å². The number of rotatable bonds is 5. The molecule has 4 atom stereocenters. The van der Waals surface area contributed by atoms with Gasteiger partial charge in [-0.1, -0.05) is 6.42 Å². The summed E-state index contributed by atoms with van der Waals surface area (Å²) in [6.07, 6.45) is 11.6. The van der Waals surface area contributed by atoms with Gasteiger partial charge in [-0.2, -0.15) is 4.39 Å². The highest BCUT2D eigenvalue weighted by atomic mass is 32.1. The fourth-order valence-electron chi connectivity index (χ4n) is 6.04. The van der Waals surface area contributed by atoms with Gasteiger partial charge in [0.05, 0.1) is 23.4 Å². The molecule has 5 heterocycles. The Morgan fingerprint density at radius 2 is 2.03 bits per heavy atom. The van der Waals surface area contributed by atoms with Gasteiger partial charge < -0.3 is 10.3 Å². The Labute approximate surface area is 217 Å². The van der Waals surface area contributed by atoms with Crippen LogP contribution in [0.5, 0.6) is 0 Å². The van der Waals surface area contributed by atoms with Gasteiger partial charge in [0.1, 0.15) is 5.82 Å². The van der Waals surface area contributed by atoms with Crippen LogP contribution in [0.15, 0.2) is 42.9 Å². The number of anilines is 1. The minimum absolute atomic E-state index is 0.00406. The lowest BCUT2D eigenvalue weighted by atomic mass is 9.73. The summed E-state index contributed by atoms with van der Waals surface area (Å²) < 4.78 is 13.7. The van der Waals surface area contributed by atoms with E-state index >= 15 is 0 Å². The summed E-state index contributed by atoms with van der Waals surface area (Å²) in [6.45, 7) is 0. The predicted molar refractivity (Wildman–Crippen MR) is 140 cm³/mol. The van der Waals surface area contributed by atoms with Gasteiger partial charge in [0.2, 0.25) is 5.91 Å². The maximum absolute atomic E-state index is 13.7. The van der Waals surface area contributed by atoms with Crippen LogP contribution in [0.2, 0.25) is 0 Å². The van der Waals surface area contributed by atoms with Gasteiger partial charge in [-0.05, 0) is 73.8 Å². The number of nitrogens with zero attached hydrogens (tertiary/aromatic N) is 3. The van der Waals surface area contributed by atoms with Crippen LogP contribution in [0.3, 0.4) is 0 Å². The van der Waals surface area contributed by atoms with Gasteiger partial charge in [0.25, 0.3) is 0 Å². The Morgan fingerprint density at radius 3 is 2.84 bits per heavy atom. The van der Waals surface area contributed by atoms with E-state index in [0.29, 0.717) is 23.5 Å². The molecule has 37 heavy (non-hydrogen) atoms. The number of halogens is 1. The number of carbonyl (C=O) groups is 1. The second-order valence-electron chi connectivity index (χ2n) is 10.5.